The standard InChI is InChI=1S/C9H11NO3/c1-2-12-7-13-9(11)8-4-3-5-10-6-8/h3-6H,2,7H2,1H3. The molecule has 70 valence electrons. The zero-order valence-electron chi connectivity index (χ0n) is 7.40. The Morgan fingerprint density at radius 1 is 1.62 bits per heavy atom. The Bertz CT molecular complexity index is 261. The molecule has 1 heterocycles. The fourth-order valence-electron chi connectivity index (χ4n) is 0.745. The van der Waals surface area contributed by atoms with Crippen molar-refractivity contribution in [2.45, 2.75) is 6.92 Å². The highest BCUT2D eigenvalue weighted by molar-refractivity contribution is 5.88. The quantitative estimate of drug-likeness (QED) is 0.398. The van der Waals surface area contributed by atoms with Crippen LogP contribution in [-0.2, 0) is 9.47 Å². The van der Waals surface area contributed by atoms with Crippen LogP contribution in [0, 0.1) is 0 Å². The first kappa shape index (κ1) is 9.67. The average molecular weight is 181 g/mol. The number of nitrogens with zero attached hydrogens (tertiary/aromatic N) is 1. The fourth-order valence-corrected chi connectivity index (χ4v) is 0.745. The van der Waals surface area contributed by atoms with Gasteiger partial charge in [0.05, 0.1) is 5.56 Å². The Kier molecular flexibility index (Phi) is 3.92. The van der Waals surface area contributed by atoms with Crippen molar-refractivity contribution in [1.82, 2.24) is 4.98 Å². The van der Waals surface area contributed by atoms with Crippen molar-refractivity contribution in [2.75, 3.05) is 13.4 Å². The van der Waals surface area contributed by atoms with Crippen LogP contribution in [-0.4, -0.2) is 24.4 Å². The van der Waals surface area contributed by atoms with Gasteiger partial charge in [-0.15, -0.1) is 0 Å². The molecule has 0 atom stereocenters. The number of hydrogen-bond donors (Lipinski definition) is 0. The molecule has 1 aromatic heterocycles. The van der Waals surface area contributed by atoms with E-state index < -0.39 is 5.97 Å². The van der Waals surface area contributed by atoms with Crippen molar-refractivity contribution >= 4 is 5.97 Å². The highest BCUT2D eigenvalue weighted by atomic mass is 16.7. The van der Waals surface area contributed by atoms with Gasteiger partial charge >= 0.3 is 5.97 Å². The molecule has 0 aliphatic rings. The van der Waals surface area contributed by atoms with E-state index in [0.717, 1.165) is 0 Å². The van der Waals surface area contributed by atoms with Crippen LogP contribution in [0.3, 0.4) is 0 Å². The zero-order valence-corrected chi connectivity index (χ0v) is 7.40. The largest absolute Gasteiger partial charge is 0.435 e. The lowest BCUT2D eigenvalue weighted by Gasteiger charge is -2.02. The minimum atomic E-state index is -0.415. The molecule has 0 saturated heterocycles. The van der Waals surface area contributed by atoms with Gasteiger partial charge in [0.15, 0.2) is 6.79 Å². The molecule has 0 amide bonds. The van der Waals surface area contributed by atoms with E-state index in [1.807, 2.05) is 6.92 Å². The van der Waals surface area contributed by atoms with E-state index in [9.17, 15) is 4.79 Å². The van der Waals surface area contributed by atoms with E-state index in [0.29, 0.717) is 12.2 Å². The molecule has 1 rings (SSSR count). The highest BCUT2D eigenvalue weighted by Crippen LogP contribution is 1.98. The molecule has 0 unspecified atom stereocenters. The maximum atomic E-state index is 11.2. The van der Waals surface area contributed by atoms with Gasteiger partial charge in [0, 0.05) is 19.0 Å². The van der Waals surface area contributed by atoms with Crippen molar-refractivity contribution in [3.8, 4) is 0 Å². The molecule has 0 aliphatic carbocycles. The van der Waals surface area contributed by atoms with E-state index in [-0.39, 0.29) is 6.79 Å². The zero-order chi connectivity index (χ0) is 9.52. The maximum Gasteiger partial charge on any atom is 0.341 e. The van der Waals surface area contributed by atoms with Gasteiger partial charge in [0.25, 0.3) is 0 Å². The topological polar surface area (TPSA) is 48.4 Å². The smallest absolute Gasteiger partial charge is 0.341 e. The van der Waals surface area contributed by atoms with Crippen LogP contribution in [0.1, 0.15) is 17.3 Å². The lowest BCUT2D eigenvalue weighted by atomic mass is 10.3. The third-order valence-corrected chi connectivity index (χ3v) is 1.37. The Balaban J connectivity index is 2.40. The molecule has 0 aliphatic heterocycles. The van der Waals surface area contributed by atoms with Crippen LogP contribution in [0.2, 0.25) is 0 Å². The summed E-state index contributed by atoms with van der Waals surface area (Å²) in [6, 6.07) is 3.32. The van der Waals surface area contributed by atoms with Gasteiger partial charge in [-0.05, 0) is 19.1 Å². The summed E-state index contributed by atoms with van der Waals surface area (Å²) in [5.41, 5.74) is 0.433. The monoisotopic (exact) mass is 181 g/mol. The molecular weight excluding hydrogens is 170 g/mol. The van der Waals surface area contributed by atoms with E-state index >= 15 is 0 Å². The number of hydrogen-bond acceptors (Lipinski definition) is 4. The van der Waals surface area contributed by atoms with Gasteiger partial charge in [0.2, 0.25) is 0 Å². The summed E-state index contributed by atoms with van der Waals surface area (Å²) in [5.74, 6) is -0.415. The Hall–Kier alpha value is -1.42. The number of aromatic nitrogens is 1. The normalized spacial score (nSPS) is 9.62. The molecular formula is C9H11NO3. The number of pyridine rings is 1. The molecule has 0 fully saturated rings. The number of carbonyl (C=O) groups excluding carboxylic acids is 1. The predicted octanol–water partition coefficient (Wildman–Crippen LogP) is 1.23. The number of ether oxygens (including phenoxy) is 2. The fraction of sp³-hybridized carbons (Fsp3) is 0.333. The minimum Gasteiger partial charge on any atom is -0.435 e. The predicted molar refractivity (Wildman–Crippen MR) is 46.1 cm³/mol. The summed E-state index contributed by atoms with van der Waals surface area (Å²) in [7, 11) is 0. The summed E-state index contributed by atoms with van der Waals surface area (Å²) in [4.78, 5) is 15.0. The molecule has 0 N–H and O–H groups in total. The highest BCUT2D eigenvalue weighted by Gasteiger charge is 2.05. The molecule has 0 aromatic carbocycles. The second-order valence-corrected chi connectivity index (χ2v) is 2.28. The summed E-state index contributed by atoms with van der Waals surface area (Å²) in [6.45, 7) is 2.35. The van der Waals surface area contributed by atoms with Crippen molar-refractivity contribution in [2.24, 2.45) is 0 Å². The SMILES string of the molecule is CCOCOC(=O)c1cccnc1. The molecule has 0 saturated carbocycles. The van der Waals surface area contributed by atoms with Crippen LogP contribution >= 0.6 is 0 Å². The Morgan fingerprint density at radius 3 is 3.08 bits per heavy atom. The first-order chi connectivity index (χ1) is 6.34. The van der Waals surface area contributed by atoms with Gasteiger partial charge in [-0.25, -0.2) is 4.79 Å². The molecule has 0 radical (unpaired) electrons. The van der Waals surface area contributed by atoms with Crippen LogP contribution in [0.5, 0.6) is 0 Å². The number of carbonyl (C=O) groups is 1. The van der Waals surface area contributed by atoms with Crippen molar-refractivity contribution in [3.05, 3.63) is 30.1 Å². The molecule has 4 nitrogen and oxygen atoms in total. The van der Waals surface area contributed by atoms with Crippen molar-refractivity contribution < 1.29 is 14.3 Å². The van der Waals surface area contributed by atoms with Crippen molar-refractivity contribution in [1.29, 1.82) is 0 Å². The molecule has 13 heavy (non-hydrogen) atoms. The Labute approximate surface area is 76.5 Å². The maximum absolute atomic E-state index is 11.2. The van der Waals surface area contributed by atoms with Crippen LogP contribution in [0.4, 0.5) is 0 Å². The first-order valence-corrected chi connectivity index (χ1v) is 3.99. The van der Waals surface area contributed by atoms with Gasteiger partial charge in [-0.2, -0.15) is 0 Å². The van der Waals surface area contributed by atoms with E-state index in [1.54, 1.807) is 18.3 Å². The second-order valence-electron chi connectivity index (χ2n) is 2.28. The van der Waals surface area contributed by atoms with Gasteiger partial charge in [-0.3, -0.25) is 4.98 Å². The minimum absolute atomic E-state index is 0.00969. The molecule has 0 spiro atoms. The third kappa shape index (κ3) is 3.21. The average Bonchev–Trinajstić information content (AvgIpc) is 2.19. The van der Waals surface area contributed by atoms with Gasteiger partial charge in [-0.1, -0.05) is 0 Å². The van der Waals surface area contributed by atoms with E-state index in [2.05, 4.69) is 4.98 Å². The van der Waals surface area contributed by atoms with E-state index in [1.165, 1.54) is 6.20 Å². The first-order valence-electron chi connectivity index (χ1n) is 3.99. The number of esters is 1. The van der Waals surface area contributed by atoms with Gasteiger partial charge < -0.3 is 9.47 Å². The summed E-state index contributed by atoms with van der Waals surface area (Å²) < 4.78 is 9.63. The van der Waals surface area contributed by atoms with Crippen molar-refractivity contribution in [3.63, 3.8) is 0 Å². The Morgan fingerprint density at radius 2 is 2.46 bits per heavy atom. The van der Waals surface area contributed by atoms with Crippen LogP contribution < -0.4 is 0 Å². The third-order valence-electron chi connectivity index (χ3n) is 1.37. The van der Waals surface area contributed by atoms with E-state index in [4.69, 9.17) is 9.47 Å². The van der Waals surface area contributed by atoms with Crippen LogP contribution in [0.25, 0.3) is 0 Å². The molecule has 4 heteroatoms. The number of rotatable bonds is 4. The van der Waals surface area contributed by atoms with Crippen LogP contribution in [0.15, 0.2) is 24.5 Å². The summed E-state index contributed by atoms with van der Waals surface area (Å²) in [6.07, 6.45) is 3.05. The van der Waals surface area contributed by atoms with Gasteiger partial charge in [0.1, 0.15) is 0 Å². The summed E-state index contributed by atoms with van der Waals surface area (Å²) in [5, 5.41) is 0. The molecule has 1 aromatic rings. The second kappa shape index (κ2) is 5.27. The lowest BCUT2D eigenvalue weighted by Crippen LogP contribution is -2.08. The summed E-state index contributed by atoms with van der Waals surface area (Å²) >= 11 is 0. The lowest BCUT2D eigenvalue weighted by molar-refractivity contribution is -0.0274. The molecule has 0 bridgehead atoms.